The van der Waals surface area contributed by atoms with E-state index >= 15 is 0 Å². The molecule has 0 unspecified atom stereocenters. The van der Waals surface area contributed by atoms with Gasteiger partial charge in [-0.2, -0.15) is 0 Å². The van der Waals surface area contributed by atoms with Crippen LogP contribution < -0.4 is 4.31 Å². The second kappa shape index (κ2) is 5.18. The number of hydrogen-bond acceptors (Lipinski definition) is 5. The second-order valence-corrected chi connectivity index (χ2v) is 5.67. The minimum atomic E-state index is -3.46. The molecular formula is C11H13NO5S. The molecule has 0 fully saturated rings. The number of hydrogen-bond donors (Lipinski definition) is 0. The average molecular weight is 271 g/mol. The highest BCUT2D eigenvalue weighted by Gasteiger charge is 2.16. The first-order valence-corrected chi connectivity index (χ1v) is 6.77. The van der Waals surface area contributed by atoms with Crippen LogP contribution in [0.3, 0.4) is 0 Å². The summed E-state index contributed by atoms with van der Waals surface area (Å²) in [6, 6.07) is 4.05. The van der Waals surface area contributed by atoms with Crippen molar-refractivity contribution in [3.05, 3.63) is 29.3 Å². The van der Waals surface area contributed by atoms with E-state index in [0.29, 0.717) is 6.29 Å². The van der Waals surface area contributed by atoms with Gasteiger partial charge in [-0.05, 0) is 18.2 Å². The summed E-state index contributed by atoms with van der Waals surface area (Å²) in [5, 5.41) is 0. The van der Waals surface area contributed by atoms with Crippen LogP contribution in [0.25, 0.3) is 0 Å². The highest BCUT2D eigenvalue weighted by Crippen LogP contribution is 2.20. The summed E-state index contributed by atoms with van der Waals surface area (Å²) >= 11 is 0. The second-order valence-electron chi connectivity index (χ2n) is 3.65. The third kappa shape index (κ3) is 3.07. The maximum atomic E-state index is 11.4. The van der Waals surface area contributed by atoms with Crippen LogP contribution in [-0.4, -0.2) is 41.1 Å². The summed E-state index contributed by atoms with van der Waals surface area (Å²) in [6.07, 6.45) is 1.56. The van der Waals surface area contributed by atoms with E-state index < -0.39 is 16.0 Å². The van der Waals surface area contributed by atoms with Crippen LogP contribution >= 0.6 is 0 Å². The van der Waals surface area contributed by atoms with Crippen LogP contribution in [0, 0.1) is 0 Å². The number of benzene rings is 1. The molecule has 1 aromatic carbocycles. The van der Waals surface area contributed by atoms with Gasteiger partial charge < -0.3 is 4.74 Å². The Balaban J connectivity index is 3.37. The summed E-state index contributed by atoms with van der Waals surface area (Å²) < 4.78 is 28.3. The van der Waals surface area contributed by atoms with Crippen LogP contribution in [0.5, 0.6) is 0 Å². The Bertz CT molecular complexity index is 579. The molecule has 0 aliphatic carbocycles. The first-order chi connectivity index (χ1) is 8.29. The van der Waals surface area contributed by atoms with Crippen LogP contribution in [0.2, 0.25) is 0 Å². The van der Waals surface area contributed by atoms with Gasteiger partial charge in [0.1, 0.15) is 6.29 Å². The number of carbonyl (C=O) groups is 2. The molecule has 1 rings (SSSR count). The standard InChI is InChI=1S/C11H13NO5S/c1-12(18(3,15)16)10-5-8(7-13)4-9(6-10)11(14)17-2/h4-7H,1-3H3. The fourth-order valence-corrected chi connectivity index (χ4v) is 1.80. The van der Waals surface area contributed by atoms with E-state index in [4.69, 9.17) is 0 Å². The largest absolute Gasteiger partial charge is 0.465 e. The van der Waals surface area contributed by atoms with Crippen molar-refractivity contribution in [3.63, 3.8) is 0 Å². The van der Waals surface area contributed by atoms with Crippen LogP contribution in [-0.2, 0) is 14.8 Å². The van der Waals surface area contributed by atoms with Crippen LogP contribution in [0.1, 0.15) is 20.7 Å². The van der Waals surface area contributed by atoms with Crippen LogP contribution in [0.15, 0.2) is 18.2 Å². The molecule has 0 saturated heterocycles. The lowest BCUT2D eigenvalue weighted by atomic mass is 10.1. The average Bonchev–Trinajstić information content (AvgIpc) is 2.35. The molecule has 0 aliphatic heterocycles. The number of rotatable bonds is 4. The summed E-state index contributed by atoms with van der Waals surface area (Å²) in [5.41, 5.74) is 0.540. The molecule has 0 spiro atoms. The molecule has 0 atom stereocenters. The van der Waals surface area contributed by atoms with Gasteiger partial charge in [0.05, 0.1) is 24.6 Å². The molecular weight excluding hydrogens is 258 g/mol. The summed E-state index contributed by atoms with van der Waals surface area (Å²) in [6.45, 7) is 0. The Morgan fingerprint density at radius 3 is 2.39 bits per heavy atom. The fraction of sp³-hybridized carbons (Fsp3) is 0.273. The highest BCUT2D eigenvalue weighted by molar-refractivity contribution is 7.92. The summed E-state index contributed by atoms with van der Waals surface area (Å²) in [5.74, 6) is -0.637. The predicted molar refractivity (Wildman–Crippen MR) is 66.4 cm³/mol. The Hall–Kier alpha value is -1.89. The van der Waals surface area contributed by atoms with Crippen molar-refractivity contribution in [2.75, 3.05) is 24.7 Å². The van der Waals surface area contributed by atoms with E-state index in [0.717, 1.165) is 10.6 Å². The lowest BCUT2D eigenvalue weighted by Crippen LogP contribution is -2.25. The van der Waals surface area contributed by atoms with Gasteiger partial charge in [-0.3, -0.25) is 9.10 Å². The van der Waals surface area contributed by atoms with E-state index in [1.54, 1.807) is 0 Å². The smallest absolute Gasteiger partial charge is 0.337 e. The van der Waals surface area contributed by atoms with Crippen molar-refractivity contribution >= 4 is 28.0 Å². The fourth-order valence-electron chi connectivity index (χ4n) is 1.31. The molecule has 1 aromatic rings. The number of aldehydes is 1. The van der Waals surface area contributed by atoms with E-state index in [9.17, 15) is 18.0 Å². The van der Waals surface area contributed by atoms with Crippen molar-refractivity contribution in [1.82, 2.24) is 0 Å². The quantitative estimate of drug-likeness (QED) is 0.594. The molecule has 0 N–H and O–H groups in total. The zero-order chi connectivity index (χ0) is 13.9. The van der Waals surface area contributed by atoms with E-state index in [-0.39, 0.29) is 16.8 Å². The van der Waals surface area contributed by atoms with Gasteiger partial charge in [0.2, 0.25) is 10.0 Å². The third-order valence-electron chi connectivity index (χ3n) is 2.36. The van der Waals surface area contributed by atoms with Gasteiger partial charge in [-0.1, -0.05) is 0 Å². The Morgan fingerprint density at radius 2 is 1.94 bits per heavy atom. The lowest BCUT2D eigenvalue weighted by molar-refractivity contribution is 0.0600. The molecule has 0 bridgehead atoms. The van der Waals surface area contributed by atoms with Crippen molar-refractivity contribution in [2.24, 2.45) is 0 Å². The molecule has 18 heavy (non-hydrogen) atoms. The third-order valence-corrected chi connectivity index (χ3v) is 3.56. The molecule has 98 valence electrons. The number of esters is 1. The Labute approximate surface area is 105 Å². The number of nitrogens with zero attached hydrogens (tertiary/aromatic N) is 1. The van der Waals surface area contributed by atoms with Gasteiger partial charge in [0.25, 0.3) is 0 Å². The molecule has 7 heteroatoms. The zero-order valence-electron chi connectivity index (χ0n) is 10.2. The van der Waals surface area contributed by atoms with Gasteiger partial charge in [-0.15, -0.1) is 0 Å². The number of methoxy groups -OCH3 is 1. The Kier molecular flexibility index (Phi) is 4.07. The number of sulfonamides is 1. The van der Waals surface area contributed by atoms with Gasteiger partial charge >= 0.3 is 5.97 Å². The SMILES string of the molecule is COC(=O)c1cc(C=O)cc(N(C)S(C)(=O)=O)c1. The molecule has 0 aliphatic rings. The van der Waals surface area contributed by atoms with E-state index in [2.05, 4.69) is 4.74 Å². The summed E-state index contributed by atoms with van der Waals surface area (Å²) in [7, 11) is -0.927. The minimum Gasteiger partial charge on any atom is -0.465 e. The first kappa shape index (κ1) is 14.2. The van der Waals surface area contributed by atoms with E-state index in [1.807, 2.05) is 0 Å². The molecule has 0 radical (unpaired) electrons. The highest BCUT2D eigenvalue weighted by atomic mass is 32.2. The maximum Gasteiger partial charge on any atom is 0.337 e. The molecule has 6 nitrogen and oxygen atoms in total. The molecule has 0 heterocycles. The normalized spacial score (nSPS) is 10.8. The summed E-state index contributed by atoms with van der Waals surface area (Å²) in [4.78, 5) is 22.2. The van der Waals surface area contributed by atoms with Gasteiger partial charge in [-0.25, -0.2) is 13.2 Å². The zero-order valence-corrected chi connectivity index (χ0v) is 11.0. The first-order valence-electron chi connectivity index (χ1n) is 4.92. The lowest BCUT2D eigenvalue weighted by Gasteiger charge is -2.17. The van der Waals surface area contributed by atoms with Crippen molar-refractivity contribution in [2.45, 2.75) is 0 Å². The van der Waals surface area contributed by atoms with E-state index in [1.165, 1.54) is 32.4 Å². The molecule has 0 saturated carbocycles. The number of carbonyl (C=O) groups excluding carboxylic acids is 2. The maximum absolute atomic E-state index is 11.4. The Morgan fingerprint density at radius 1 is 1.33 bits per heavy atom. The topological polar surface area (TPSA) is 80.8 Å². The van der Waals surface area contributed by atoms with Gasteiger partial charge in [0, 0.05) is 12.6 Å². The molecule has 0 amide bonds. The van der Waals surface area contributed by atoms with Crippen LogP contribution in [0.4, 0.5) is 5.69 Å². The van der Waals surface area contributed by atoms with Crippen molar-refractivity contribution in [3.8, 4) is 0 Å². The minimum absolute atomic E-state index is 0.118. The van der Waals surface area contributed by atoms with Crippen molar-refractivity contribution in [1.29, 1.82) is 0 Å². The molecule has 0 aromatic heterocycles. The monoisotopic (exact) mass is 271 g/mol. The number of anilines is 1. The van der Waals surface area contributed by atoms with Crippen molar-refractivity contribution < 1.29 is 22.7 Å². The van der Waals surface area contributed by atoms with Gasteiger partial charge in [0.15, 0.2) is 0 Å². The predicted octanol–water partition coefficient (Wildman–Crippen LogP) is 0.682. The number of ether oxygens (including phenoxy) is 1.